The normalized spacial score (nSPS) is 11.1. The molecule has 0 atom stereocenters. The maximum Gasteiger partial charge on any atom is 0.328 e. The largest absolute Gasteiger partial charge is 0.418 e. The van der Waals surface area contributed by atoms with Crippen molar-refractivity contribution in [3.05, 3.63) is 88.5 Å². The molecule has 0 saturated carbocycles. The molecule has 1 aromatic heterocycles. The van der Waals surface area contributed by atoms with Crippen LogP contribution >= 0.6 is 0 Å². The first-order valence-electron chi connectivity index (χ1n) is 9.21. The second-order valence-electron chi connectivity index (χ2n) is 6.59. The first-order valence-corrected chi connectivity index (χ1v) is 9.21. The number of aromatic nitrogens is 3. The highest BCUT2D eigenvalue weighted by Crippen LogP contribution is 2.35. The molecule has 0 bridgehead atoms. The van der Waals surface area contributed by atoms with E-state index in [-0.39, 0.29) is 5.56 Å². The summed E-state index contributed by atoms with van der Waals surface area (Å²) in [6.07, 6.45) is 0. The Morgan fingerprint density at radius 2 is 0.750 bits per heavy atom. The van der Waals surface area contributed by atoms with E-state index in [0.717, 1.165) is 0 Å². The van der Waals surface area contributed by atoms with Gasteiger partial charge in [-0.1, -0.05) is 30.3 Å². The van der Waals surface area contributed by atoms with Crippen LogP contribution in [-0.4, -0.2) is 15.0 Å². The van der Waals surface area contributed by atoms with Gasteiger partial charge in [-0.15, -0.1) is 4.98 Å². The second kappa shape index (κ2) is 9.31. The molecular formula is C21H5F10N3O2. The van der Waals surface area contributed by atoms with E-state index in [4.69, 9.17) is 0 Å². The van der Waals surface area contributed by atoms with Crippen LogP contribution in [0.15, 0.2) is 30.3 Å². The summed E-state index contributed by atoms with van der Waals surface area (Å²) >= 11 is 0. The number of rotatable bonds is 5. The van der Waals surface area contributed by atoms with Crippen molar-refractivity contribution in [2.24, 2.45) is 0 Å². The van der Waals surface area contributed by atoms with Crippen LogP contribution in [0.25, 0.3) is 11.4 Å². The lowest BCUT2D eigenvalue weighted by atomic mass is 10.2. The van der Waals surface area contributed by atoms with Crippen LogP contribution in [0.3, 0.4) is 0 Å². The molecule has 0 spiro atoms. The SMILES string of the molecule is Fc1c(F)c(F)c(Oc2nc(Oc3c(F)c(F)c(F)c(F)c3F)nc(-c3ccccc3)n2)c(F)c1F. The zero-order valence-electron chi connectivity index (χ0n) is 16.8. The molecular weight excluding hydrogens is 516 g/mol. The van der Waals surface area contributed by atoms with E-state index in [0.29, 0.717) is 0 Å². The summed E-state index contributed by atoms with van der Waals surface area (Å²) < 4.78 is 146. The second-order valence-corrected chi connectivity index (χ2v) is 6.59. The van der Waals surface area contributed by atoms with Gasteiger partial charge >= 0.3 is 12.0 Å². The van der Waals surface area contributed by atoms with Gasteiger partial charge in [0.05, 0.1) is 0 Å². The van der Waals surface area contributed by atoms with Gasteiger partial charge in [0.25, 0.3) is 0 Å². The molecule has 186 valence electrons. The van der Waals surface area contributed by atoms with Crippen molar-refractivity contribution in [2.45, 2.75) is 0 Å². The molecule has 0 radical (unpaired) electrons. The molecule has 0 aliphatic rings. The van der Waals surface area contributed by atoms with Gasteiger partial charge in [0.2, 0.25) is 69.7 Å². The number of nitrogens with zero attached hydrogens (tertiary/aromatic N) is 3. The topological polar surface area (TPSA) is 57.1 Å². The summed E-state index contributed by atoms with van der Waals surface area (Å²) in [5, 5.41) is 0. The van der Waals surface area contributed by atoms with E-state index in [1.807, 2.05) is 0 Å². The fourth-order valence-electron chi connectivity index (χ4n) is 2.68. The zero-order chi connectivity index (χ0) is 26.3. The Balaban J connectivity index is 1.86. The number of halogens is 10. The lowest BCUT2D eigenvalue weighted by molar-refractivity contribution is 0.307. The smallest absolute Gasteiger partial charge is 0.328 e. The molecule has 0 aliphatic heterocycles. The van der Waals surface area contributed by atoms with E-state index < -0.39 is 87.5 Å². The predicted octanol–water partition coefficient (Wildman–Crippen LogP) is 6.51. The Hall–Kier alpha value is -4.43. The lowest BCUT2D eigenvalue weighted by Gasteiger charge is -2.12. The molecule has 1 heterocycles. The quantitative estimate of drug-likeness (QED) is 0.170. The number of hydrogen-bond acceptors (Lipinski definition) is 5. The average molecular weight is 521 g/mol. The fourth-order valence-corrected chi connectivity index (χ4v) is 2.68. The van der Waals surface area contributed by atoms with Gasteiger partial charge in [-0.3, -0.25) is 0 Å². The van der Waals surface area contributed by atoms with Crippen LogP contribution in [-0.2, 0) is 0 Å². The van der Waals surface area contributed by atoms with Crippen LogP contribution in [0, 0.1) is 58.2 Å². The molecule has 0 saturated heterocycles. The molecule has 3 aromatic carbocycles. The Bertz CT molecular complexity index is 1350. The average Bonchev–Trinajstić information content (AvgIpc) is 2.89. The number of hydrogen-bond donors (Lipinski definition) is 0. The predicted molar refractivity (Wildman–Crippen MR) is 97.9 cm³/mol. The third-order valence-electron chi connectivity index (χ3n) is 4.35. The summed E-state index contributed by atoms with van der Waals surface area (Å²) in [6.45, 7) is 0. The lowest BCUT2D eigenvalue weighted by Crippen LogP contribution is -2.08. The van der Waals surface area contributed by atoms with Crippen molar-refractivity contribution in [1.29, 1.82) is 0 Å². The van der Waals surface area contributed by atoms with E-state index in [1.165, 1.54) is 30.3 Å². The van der Waals surface area contributed by atoms with Crippen molar-refractivity contribution >= 4 is 0 Å². The number of benzene rings is 3. The van der Waals surface area contributed by atoms with Crippen LogP contribution in [0.2, 0.25) is 0 Å². The van der Waals surface area contributed by atoms with Crippen LogP contribution < -0.4 is 9.47 Å². The highest BCUT2D eigenvalue weighted by Gasteiger charge is 2.30. The fraction of sp³-hybridized carbons (Fsp3) is 0. The molecule has 15 heteroatoms. The van der Waals surface area contributed by atoms with Crippen LogP contribution in [0.5, 0.6) is 23.5 Å². The first kappa shape index (κ1) is 24.7. The Kier molecular flexibility index (Phi) is 6.39. The van der Waals surface area contributed by atoms with Crippen LogP contribution in [0.4, 0.5) is 43.9 Å². The molecule has 5 nitrogen and oxygen atoms in total. The van der Waals surface area contributed by atoms with Crippen LogP contribution in [0.1, 0.15) is 0 Å². The van der Waals surface area contributed by atoms with Gasteiger partial charge in [-0.2, -0.15) is 27.5 Å². The van der Waals surface area contributed by atoms with Gasteiger partial charge in [-0.25, -0.2) is 26.3 Å². The minimum Gasteiger partial charge on any atom is -0.418 e. The molecule has 0 fully saturated rings. The van der Waals surface area contributed by atoms with E-state index in [1.54, 1.807) is 0 Å². The van der Waals surface area contributed by atoms with E-state index in [9.17, 15) is 43.9 Å². The molecule has 0 unspecified atom stereocenters. The summed E-state index contributed by atoms with van der Waals surface area (Å²) in [4.78, 5) is 10.5. The van der Waals surface area contributed by atoms with E-state index >= 15 is 0 Å². The molecule has 4 aromatic rings. The van der Waals surface area contributed by atoms with Gasteiger partial charge in [0, 0.05) is 5.56 Å². The molecule has 36 heavy (non-hydrogen) atoms. The Labute approximate surface area is 192 Å². The van der Waals surface area contributed by atoms with Gasteiger partial charge in [0.15, 0.2) is 5.82 Å². The molecule has 0 N–H and O–H groups in total. The maximum atomic E-state index is 14.0. The van der Waals surface area contributed by atoms with Gasteiger partial charge < -0.3 is 9.47 Å². The maximum absolute atomic E-state index is 14.0. The highest BCUT2D eigenvalue weighted by molar-refractivity contribution is 5.55. The molecule has 0 aliphatic carbocycles. The van der Waals surface area contributed by atoms with Gasteiger partial charge in [0.1, 0.15) is 0 Å². The standard InChI is InChI=1S/C21H5F10N3O2/c22-7-9(24)13(28)17(14(29)10(7)25)35-20-32-19(6-4-2-1-3-5-6)33-21(34-20)36-18-15(30)11(26)8(23)12(27)16(18)31/h1-5H. The Morgan fingerprint density at radius 3 is 1.11 bits per heavy atom. The highest BCUT2D eigenvalue weighted by atomic mass is 19.2. The summed E-state index contributed by atoms with van der Waals surface area (Å²) in [6, 6.07) is 4.61. The summed E-state index contributed by atoms with van der Waals surface area (Å²) in [5.41, 5.74) is 0.0735. The zero-order valence-corrected chi connectivity index (χ0v) is 16.8. The van der Waals surface area contributed by atoms with Crippen molar-refractivity contribution in [3.63, 3.8) is 0 Å². The van der Waals surface area contributed by atoms with Gasteiger partial charge in [-0.05, 0) is 0 Å². The number of ether oxygens (including phenoxy) is 2. The monoisotopic (exact) mass is 521 g/mol. The third kappa shape index (κ3) is 4.23. The van der Waals surface area contributed by atoms with E-state index in [2.05, 4.69) is 24.4 Å². The summed E-state index contributed by atoms with van der Waals surface area (Å²) in [5.74, 6) is -28.4. The molecule has 4 rings (SSSR count). The van der Waals surface area contributed by atoms with Crippen molar-refractivity contribution in [3.8, 4) is 34.9 Å². The minimum atomic E-state index is -2.49. The summed E-state index contributed by atoms with van der Waals surface area (Å²) in [7, 11) is 0. The van der Waals surface area contributed by atoms with Crippen molar-refractivity contribution in [2.75, 3.05) is 0 Å². The first-order chi connectivity index (χ1) is 17.0. The third-order valence-corrected chi connectivity index (χ3v) is 4.35. The van der Waals surface area contributed by atoms with Crippen molar-refractivity contribution in [1.82, 2.24) is 15.0 Å². The Morgan fingerprint density at radius 1 is 0.417 bits per heavy atom. The molecule has 0 amide bonds. The minimum absolute atomic E-state index is 0.0735. The van der Waals surface area contributed by atoms with Crippen molar-refractivity contribution < 1.29 is 53.4 Å².